The summed E-state index contributed by atoms with van der Waals surface area (Å²) < 4.78 is 9.81. The van der Waals surface area contributed by atoms with E-state index in [1.165, 1.54) is 18.3 Å². The van der Waals surface area contributed by atoms with Crippen LogP contribution >= 0.6 is 46.4 Å². The number of carbonyl (C=O) groups is 3. The molecule has 178 valence electrons. The second kappa shape index (κ2) is 11.2. The smallest absolute Gasteiger partial charge is 0.364 e. The third-order valence-corrected chi connectivity index (χ3v) is 6.41. The molecule has 0 fully saturated rings. The van der Waals surface area contributed by atoms with Crippen LogP contribution in [-0.2, 0) is 11.2 Å². The van der Waals surface area contributed by atoms with Crippen LogP contribution in [0.4, 0.5) is 5.82 Å². The van der Waals surface area contributed by atoms with Crippen molar-refractivity contribution in [2.24, 2.45) is 0 Å². The van der Waals surface area contributed by atoms with Crippen molar-refractivity contribution < 1.29 is 23.6 Å². The number of rotatable bonds is 7. The third kappa shape index (κ3) is 5.70. The zero-order chi connectivity index (χ0) is 25.0. The Kier molecular flexibility index (Phi) is 8.54. The molecule has 2 aromatic heterocycles. The second-order valence-electron chi connectivity index (χ2n) is 7.12. The number of anilines is 1. The zero-order valence-electron chi connectivity index (χ0n) is 17.9. The molecular weight excluding hydrogens is 528 g/mol. The van der Waals surface area contributed by atoms with Gasteiger partial charge in [-0.2, -0.15) is 0 Å². The minimum Gasteiger partial charge on any atom is -0.384 e. The van der Waals surface area contributed by atoms with E-state index in [2.05, 4.69) is 22.4 Å². The van der Waals surface area contributed by atoms with Crippen molar-refractivity contribution >= 4 is 70.1 Å². The van der Waals surface area contributed by atoms with Gasteiger partial charge in [0, 0.05) is 12.3 Å². The summed E-state index contributed by atoms with van der Waals surface area (Å²) in [5, 5.41) is 4.70. The Bertz CT molecular complexity index is 1260. The molecule has 34 heavy (non-hydrogen) atoms. The lowest BCUT2D eigenvalue weighted by molar-refractivity contribution is 0.0391. The van der Waals surface area contributed by atoms with Crippen LogP contribution in [-0.4, -0.2) is 28.0 Å². The molecule has 0 atom stereocenters. The summed E-state index contributed by atoms with van der Waals surface area (Å²) in [4.78, 5) is 42.4. The van der Waals surface area contributed by atoms with E-state index in [1.54, 1.807) is 13.0 Å². The number of aryl methyl sites for hydroxylation is 2. The molecule has 0 bridgehead atoms. The van der Waals surface area contributed by atoms with Crippen molar-refractivity contribution in [3.05, 3.63) is 72.6 Å². The largest absolute Gasteiger partial charge is 0.384 e. The Morgan fingerprint density at radius 1 is 1.00 bits per heavy atom. The number of ether oxygens (including phenoxy) is 1. The summed E-state index contributed by atoms with van der Waals surface area (Å²) >= 11 is 24.6. The highest BCUT2D eigenvalue weighted by Crippen LogP contribution is 2.42. The van der Waals surface area contributed by atoms with E-state index in [0.29, 0.717) is 5.76 Å². The lowest BCUT2D eigenvalue weighted by Crippen LogP contribution is -2.21. The average molecular weight is 545 g/mol. The van der Waals surface area contributed by atoms with Gasteiger partial charge in [0.2, 0.25) is 0 Å². The van der Waals surface area contributed by atoms with E-state index in [4.69, 9.17) is 55.7 Å². The van der Waals surface area contributed by atoms with Crippen molar-refractivity contribution in [3.63, 3.8) is 0 Å². The number of nitrogens with one attached hydrogen (secondary N) is 1. The number of halogens is 4. The van der Waals surface area contributed by atoms with Crippen LogP contribution in [0.3, 0.4) is 0 Å². The first kappa shape index (κ1) is 26.0. The van der Waals surface area contributed by atoms with Crippen molar-refractivity contribution in [1.82, 2.24) is 10.1 Å². The highest BCUT2D eigenvalue weighted by atomic mass is 35.5. The third-order valence-electron chi connectivity index (χ3n) is 4.61. The molecule has 0 spiro atoms. The monoisotopic (exact) mass is 543 g/mol. The van der Waals surface area contributed by atoms with Gasteiger partial charge in [0.05, 0.1) is 31.2 Å². The number of benzene rings is 1. The molecule has 3 aromatic rings. The van der Waals surface area contributed by atoms with Gasteiger partial charge >= 0.3 is 11.9 Å². The normalized spacial score (nSPS) is 10.8. The van der Waals surface area contributed by atoms with E-state index in [1.807, 2.05) is 0 Å². The Hall–Kier alpha value is -2.65. The quantitative estimate of drug-likeness (QED) is 0.155. The van der Waals surface area contributed by atoms with Crippen molar-refractivity contribution in [2.75, 3.05) is 5.32 Å². The SMILES string of the molecule is CCCCc1ccc(C(=O)OC(=O)c2c(Cl)c(Cl)c(Cl)c(Cl)c2C(=O)Nc2cc(C)on2)nc1. The van der Waals surface area contributed by atoms with Gasteiger partial charge < -0.3 is 14.6 Å². The Labute approximate surface area is 214 Å². The van der Waals surface area contributed by atoms with Gasteiger partial charge in [-0.25, -0.2) is 14.6 Å². The van der Waals surface area contributed by atoms with Gasteiger partial charge in [-0.1, -0.05) is 71.0 Å². The molecule has 12 heteroatoms. The molecule has 1 aromatic carbocycles. The fraction of sp³-hybridized carbons (Fsp3) is 0.227. The predicted molar refractivity (Wildman–Crippen MR) is 128 cm³/mol. The van der Waals surface area contributed by atoms with E-state index < -0.39 is 34.0 Å². The number of aromatic nitrogens is 2. The number of hydrogen-bond donors (Lipinski definition) is 1. The minimum absolute atomic E-state index is 0.0449. The Morgan fingerprint density at radius 3 is 2.24 bits per heavy atom. The molecule has 3 rings (SSSR count). The lowest BCUT2D eigenvalue weighted by Gasteiger charge is -2.14. The fourth-order valence-electron chi connectivity index (χ4n) is 2.90. The molecular formula is C22H17Cl4N3O5. The van der Waals surface area contributed by atoms with Gasteiger partial charge in [0.15, 0.2) is 5.82 Å². The molecule has 2 heterocycles. The van der Waals surface area contributed by atoms with E-state index >= 15 is 0 Å². The number of carbonyl (C=O) groups excluding carboxylic acids is 3. The van der Waals surface area contributed by atoms with Crippen molar-refractivity contribution in [3.8, 4) is 0 Å². The maximum atomic E-state index is 12.9. The van der Waals surface area contributed by atoms with E-state index in [9.17, 15) is 14.4 Å². The highest BCUT2D eigenvalue weighted by Gasteiger charge is 2.31. The van der Waals surface area contributed by atoms with E-state index in [-0.39, 0.29) is 26.6 Å². The van der Waals surface area contributed by atoms with Crippen LogP contribution in [0.1, 0.15) is 62.3 Å². The molecule has 8 nitrogen and oxygen atoms in total. The summed E-state index contributed by atoms with van der Waals surface area (Å²) in [6, 6.07) is 4.58. The second-order valence-corrected chi connectivity index (χ2v) is 8.63. The number of amides is 1. The first-order valence-corrected chi connectivity index (χ1v) is 11.5. The Morgan fingerprint density at radius 2 is 1.68 bits per heavy atom. The summed E-state index contributed by atoms with van der Waals surface area (Å²) in [7, 11) is 0. The zero-order valence-corrected chi connectivity index (χ0v) is 20.9. The first-order chi connectivity index (χ1) is 16.1. The summed E-state index contributed by atoms with van der Waals surface area (Å²) in [5.74, 6) is -2.76. The van der Waals surface area contributed by atoms with Crippen LogP contribution in [0.25, 0.3) is 0 Å². The number of pyridine rings is 1. The minimum atomic E-state index is -1.27. The standard InChI is InChI=1S/C22H17Cl4N3O5/c1-3-4-5-11-6-7-12(27-9-11)21(31)33-22(32)15-14(16(23)18(25)19(26)17(15)24)20(30)28-13-8-10(2)34-29-13/h6-9H,3-5H2,1-2H3,(H,28,29,30). The highest BCUT2D eigenvalue weighted by molar-refractivity contribution is 6.54. The van der Waals surface area contributed by atoms with Crippen LogP contribution < -0.4 is 5.32 Å². The maximum Gasteiger partial charge on any atom is 0.364 e. The summed E-state index contributed by atoms with van der Waals surface area (Å²) in [5.41, 5.74) is -0.180. The van der Waals surface area contributed by atoms with Gasteiger partial charge in [0.1, 0.15) is 11.5 Å². The van der Waals surface area contributed by atoms with Gasteiger partial charge in [-0.05, 0) is 31.4 Å². The number of esters is 2. The summed E-state index contributed by atoms with van der Waals surface area (Å²) in [6.07, 6.45) is 4.31. The van der Waals surface area contributed by atoms with Crippen LogP contribution in [0.5, 0.6) is 0 Å². The Balaban J connectivity index is 1.92. The molecule has 0 aliphatic heterocycles. The van der Waals surface area contributed by atoms with Crippen molar-refractivity contribution in [2.45, 2.75) is 33.1 Å². The molecule has 0 radical (unpaired) electrons. The molecule has 0 saturated carbocycles. The van der Waals surface area contributed by atoms with E-state index in [0.717, 1.165) is 24.8 Å². The van der Waals surface area contributed by atoms with Crippen molar-refractivity contribution in [1.29, 1.82) is 0 Å². The molecule has 0 unspecified atom stereocenters. The molecule has 1 N–H and O–H groups in total. The van der Waals surface area contributed by atoms with Crippen LogP contribution in [0.2, 0.25) is 20.1 Å². The molecule has 0 aliphatic rings. The number of nitrogens with zero attached hydrogens (tertiary/aromatic N) is 2. The van der Waals surface area contributed by atoms with Crippen LogP contribution in [0.15, 0.2) is 28.9 Å². The number of unbranched alkanes of at least 4 members (excludes halogenated alkanes) is 1. The maximum absolute atomic E-state index is 12.9. The molecule has 1 amide bonds. The first-order valence-electron chi connectivity index (χ1n) is 9.96. The lowest BCUT2D eigenvalue weighted by atomic mass is 10.1. The molecule has 0 saturated heterocycles. The average Bonchev–Trinajstić information content (AvgIpc) is 3.22. The topological polar surface area (TPSA) is 111 Å². The molecule has 0 aliphatic carbocycles. The van der Waals surface area contributed by atoms with Gasteiger partial charge in [-0.3, -0.25) is 4.79 Å². The van der Waals surface area contributed by atoms with Gasteiger partial charge in [0.25, 0.3) is 5.91 Å². The predicted octanol–water partition coefficient (Wildman–Crippen LogP) is 6.58. The van der Waals surface area contributed by atoms with Gasteiger partial charge in [-0.15, -0.1) is 0 Å². The van der Waals surface area contributed by atoms with Crippen LogP contribution in [0, 0.1) is 6.92 Å². The summed E-state index contributed by atoms with van der Waals surface area (Å²) in [6.45, 7) is 3.68. The fourth-order valence-corrected chi connectivity index (χ4v) is 3.92. The number of hydrogen-bond acceptors (Lipinski definition) is 7.